The van der Waals surface area contributed by atoms with Crippen molar-refractivity contribution in [1.29, 1.82) is 0 Å². The first-order valence-electron chi connectivity index (χ1n) is 14.3. The van der Waals surface area contributed by atoms with Crippen LogP contribution in [-0.4, -0.2) is 83.7 Å². The van der Waals surface area contributed by atoms with Crippen molar-refractivity contribution in [2.24, 2.45) is 5.92 Å². The van der Waals surface area contributed by atoms with Gasteiger partial charge in [-0.3, -0.25) is 4.79 Å². The average molecular weight is 537 g/mol. The fourth-order valence-electron chi connectivity index (χ4n) is 5.23. The molecule has 2 aromatic rings. The third-order valence-electron chi connectivity index (χ3n) is 7.48. The third kappa shape index (κ3) is 8.92. The van der Waals surface area contributed by atoms with E-state index in [9.17, 15) is 9.59 Å². The standard InChI is InChI=1S/C30H44N6O3/c1-30(2,3)39-29(38)33-21-27(37)34(4)22-24-8-7-9-25(18-24)26-19-31-28(32-20-26)36-16-11-23(12-17-36)10-15-35-13-5-6-14-35/h7-9,18-20,23H,5-6,10-17,21-22H2,1-4H3,(H,33,38). The van der Waals surface area contributed by atoms with Crippen LogP contribution in [0.2, 0.25) is 0 Å². The number of hydrogen-bond acceptors (Lipinski definition) is 7. The summed E-state index contributed by atoms with van der Waals surface area (Å²) in [5.41, 5.74) is 2.33. The molecule has 0 radical (unpaired) electrons. The maximum atomic E-state index is 12.5. The molecule has 0 unspecified atom stereocenters. The summed E-state index contributed by atoms with van der Waals surface area (Å²) in [7, 11) is 1.72. The van der Waals surface area contributed by atoms with Crippen molar-refractivity contribution in [3.8, 4) is 11.1 Å². The predicted octanol–water partition coefficient (Wildman–Crippen LogP) is 4.33. The van der Waals surface area contributed by atoms with Gasteiger partial charge in [0.1, 0.15) is 12.1 Å². The van der Waals surface area contributed by atoms with Crippen LogP contribution in [0.15, 0.2) is 36.7 Å². The number of nitrogens with zero attached hydrogens (tertiary/aromatic N) is 5. The Morgan fingerprint density at radius 2 is 1.74 bits per heavy atom. The Morgan fingerprint density at radius 1 is 1.05 bits per heavy atom. The Morgan fingerprint density at radius 3 is 2.41 bits per heavy atom. The lowest BCUT2D eigenvalue weighted by atomic mass is 9.93. The average Bonchev–Trinajstić information content (AvgIpc) is 3.44. The molecule has 2 aliphatic heterocycles. The first-order valence-corrected chi connectivity index (χ1v) is 14.3. The fraction of sp³-hybridized carbons (Fsp3) is 0.600. The van der Waals surface area contributed by atoms with Crippen molar-refractivity contribution >= 4 is 17.9 Å². The van der Waals surface area contributed by atoms with Crippen molar-refractivity contribution in [1.82, 2.24) is 25.1 Å². The van der Waals surface area contributed by atoms with Gasteiger partial charge in [-0.25, -0.2) is 14.8 Å². The second-order valence-corrected chi connectivity index (χ2v) is 11.8. The largest absolute Gasteiger partial charge is 0.444 e. The SMILES string of the molecule is CN(Cc1cccc(-c2cnc(N3CCC(CCN4CCCC4)CC3)nc2)c1)C(=O)CNC(=O)OC(C)(C)C. The number of carbonyl (C=O) groups is 2. The van der Waals surface area contributed by atoms with Crippen LogP contribution < -0.4 is 10.2 Å². The molecular weight excluding hydrogens is 492 g/mol. The van der Waals surface area contributed by atoms with Crippen LogP contribution in [0, 0.1) is 5.92 Å². The molecule has 39 heavy (non-hydrogen) atoms. The Bertz CT molecular complexity index is 1090. The van der Waals surface area contributed by atoms with E-state index < -0.39 is 11.7 Å². The smallest absolute Gasteiger partial charge is 0.408 e. The Balaban J connectivity index is 1.25. The number of amides is 2. The van der Waals surface area contributed by atoms with E-state index in [0.717, 1.165) is 41.6 Å². The normalized spacial score (nSPS) is 16.8. The van der Waals surface area contributed by atoms with Crippen LogP contribution in [0.3, 0.4) is 0 Å². The van der Waals surface area contributed by atoms with Crippen LogP contribution >= 0.6 is 0 Å². The Kier molecular flexibility index (Phi) is 9.78. The number of likely N-dealkylation sites (tertiary alicyclic amines) is 1. The summed E-state index contributed by atoms with van der Waals surface area (Å²) < 4.78 is 5.19. The van der Waals surface area contributed by atoms with E-state index in [-0.39, 0.29) is 12.5 Å². The number of hydrogen-bond donors (Lipinski definition) is 1. The minimum atomic E-state index is -0.606. The second kappa shape index (κ2) is 13.2. The van der Waals surface area contributed by atoms with Crippen LogP contribution in [0.4, 0.5) is 10.7 Å². The maximum absolute atomic E-state index is 12.5. The molecule has 2 amide bonds. The number of likely N-dealkylation sites (N-methyl/N-ethyl adjacent to an activating group) is 1. The molecule has 0 bridgehead atoms. The van der Waals surface area contributed by atoms with Gasteiger partial charge in [0.25, 0.3) is 0 Å². The zero-order valence-corrected chi connectivity index (χ0v) is 24.0. The molecule has 4 rings (SSSR count). The lowest BCUT2D eigenvalue weighted by Gasteiger charge is -2.32. The molecule has 3 heterocycles. The van der Waals surface area contributed by atoms with E-state index in [1.165, 1.54) is 51.7 Å². The van der Waals surface area contributed by atoms with Crippen molar-refractivity contribution in [2.75, 3.05) is 51.2 Å². The predicted molar refractivity (Wildman–Crippen MR) is 153 cm³/mol. The van der Waals surface area contributed by atoms with E-state index in [2.05, 4.69) is 31.2 Å². The molecule has 0 spiro atoms. The van der Waals surface area contributed by atoms with Crippen LogP contribution in [0.1, 0.15) is 58.4 Å². The minimum Gasteiger partial charge on any atom is -0.444 e. The number of anilines is 1. The van der Waals surface area contributed by atoms with Crippen molar-refractivity contribution in [3.05, 3.63) is 42.2 Å². The first-order chi connectivity index (χ1) is 18.7. The summed E-state index contributed by atoms with van der Waals surface area (Å²) in [5.74, 6) is 1.41. The van der Waals surface area contributed by atoms with Gasteiger partial charge >= 0.3 is 6.09 Å². The highest BCUT2D eigenvalue weighted by Gasteiger charge is 2.22. The topological polar surface area (TPSA) is 90.9 Å². The number of aromatic nitrogens is 2. The molecular formula is C30H44N6O3. The van der Waals surface area contributed by atoms with Gasteiger partial charge in [-0.2, -0.15) is 0 Å². The van der Waals surface area contributed by atoms with Crippen LogP contribution in [-0.2, 0) is 16.1 Å². The zero-order chi connectivity index (χ0) is 27.8. The summed E-state index contributed by atoms with van der Waals surface area (Å²) in [6.07, 6.45) is 9.63. The van der Waals surface area contributed by atoms with E-state index >= 15 is 0 Å². The van der Waals surface area contributed by atoms with Crippen molar-refractivity contribution in [3.63, 3.8) is 0 Å². The van der Waals surface area contributed by atoms with Gasteiger partial charge in [-0.1, -0.05) is 18.2 Å². The van der Waals surface area contributed by atoms with Gasteiger partial charge in [-0.15, -0.1) is 0 Å². The Hall–Kier alpha value is -3.20. The first kappa shape index (κ1) is 28.8. The van der Waals surface area contributed by atoms with Gasteiger partial charge in [0.2, 0.25) is 11.9 Å². The third-order valence-corrected chi connectivity index (χ3v) is 7.48. The number of alkyl carbamates (subject to hydrolysis) is 1. The molecule has 2 aliphatic rings. The Labute approximate surface area is 232 Å². The molecule has 0 aliphatic carbocycles. The second-order valence-electron chi connectivity index (χ2n) is 11.8. The summed E-state index contributed by atoms with van der Waals surface area (Å²) >= 11 is 0. The van der Waals surface area contributed by atoms with E-state index in [0.29, 0.717) is 6.54 Å². The summed E-state index contributed by atoms with van der Waals surface area (Å²) in [6, 6.07) is 8.04. The monoisotopic (exact) mass is 536 g/mol. The van der Waals surface area contributed by atoms with E-state index in [1.54, 1.807) is 32.7 Å². The highest BCUT2D eigenvalue weighted by Crippen LogP contribution is 2.26. The molecule has 1 aromatic heterocycles. The van der Waals surface area contributed by atoms with Gasteiger partial charge in [0.15, 0.2) is 0 Å². The molecule has 2 fully saturated rings. The number of nitrogens with one attached hydrogen (secondary N) is 1. The van der Waals surface area contributed by atoms with Crippen molar-refractivity contribution in [2.45, 2.75) is 65.0 Å². The number of carbonyl (C=O) groups excluding carboxylic acids is 2. The van der Waals surface area contributed by atoms with Gasteiger partial charge < -0.3 is 24.8 Å². The lowest BCUT2D eigenvalue weighted by Crippen LogP contribution is -2.40. The molecule has 0 saturated carbocycles. The molecule has 212 valence electrons. The quantitative estimate of drug-likeness (QED) is 0.510. The summed E-state index contributed by atoms with van der Waals surface area (Å²) in [6.45, 7) is 11.5. The fourth-order valence-corrected chi connectivity index (χ4v) is 5.23. The molecule has 9 heteroatoms. The molecule has 2 saturated heterocycles. The molecule has 0 atom stereocenters. The van der Waals surface area contributed by atoms with Gasteiger partial charge in [0, 0.05) is 44.6 Å². The number of ether oxygens (including phenoxy) is 1. The lowest BCUT2D eigenvalue weighted by molar-refractivity contribution is -0.129. The number of rotatable bonds is 9. The van der Waals surface area contributed by atoms with Gasteiger partial charge in [-0.05, 0) is 95.6 Å². The zero-order valence-electron chi connectivity index (χ0n) is 24.0. The molecule has 1 N–H and O–H groups in total. The highest BCUT2D eigenvalue weighted by molar-refractivity contribution is 5.82. The van der Waals surface area contributed by atoms with Crippen LogP contribution in [0.25, 0.3) is 11.1 Å². The van der Waals surface area contributed by atoms with Crippen molar-refractivity contribution < 1.29 is 14.3 Å². The number of benzene rings is 1. The van der Waals surface area contributed by atoms with Crippen LogP contribution in [0.5, 0.6) is 0 Å². The highest BCUT2D eigenvalue weighted by atomic mass is 16.6. The molecule has 9 nitrogen and oxygen atoms in total. The van der Waals surface area contributed by atoms with Gasteiger partial charge in [0.05, 0.1) is 0 Å². The summed E-state index contributed by atoms with van der Waals surface area (Å²) in [5, 5.41) is 2.52. The molecule has 1 aromatic carbocycles. The van der Waals surface area contributed by atoms with E-state index in [4.69, 9.17) is 4.74 Å². The summed E-state index contributed by atoms with van der Waals surface area (Å²) in [4.78, 5) is 40.2. The number of piperidine rings is 1. The maximum Gasteiger partial charge on any atom is 0.408 e. The van der Waals surface area contributed by atoms with E-state index in [1.807, 2.05) is 30.6 Å². The minimum absolute atomic E-state index is 0.115.